The van der Waals surface area contributed by atoms with Gasteiger partial charge in [-0.2, -0.15) is 0 Å². The molecule has 0 bridgehead atoms. The molecule has 0 aromatic rings. The van der Waals surface area contributed by atoms with Crippen LogP contribution in [0.4, 0.5) is 0 Å². The Bertz CT molecular complexity index is 303. The van der Waals surface area contributed by atoms with Crippen LogP contribution in [0.5, 0.6) is 0 Å². The molecule has 0 saturated carbocycles. The normalized spacial score (nSPS) is 11.7. The average molecular weight is 297 g/mol. The average Bonchev–Trinajstić information content (AvgIpc) is 2.34. The number of carbonyl (C=O) groups is 2. The highest BCUT2D eigenvalue weighted by atomic mass is 16.1. The largest absolute Gasteiger partial charge is 0.354 e. The molecule has 0 heterocycles. The van der Waals surface area contributed by atoms with E-state index in [2.05, 4.69) is 5.32 Å². The minimum atomic E-state index is -0.184. The maximum absolute atomic E-state index is 11.7. The van der Waals surface area contributed by atoms with E-state index in [0.717, 1.165) is 32.1 Å². The fourth-order valence-corrected chi connectivity index (χ4v) is 2.22. The van der Waals surface area contributed by atoms with Crippen LogP contribution in [0.3, 0.4) is 0 Å². The quantitative estimate of drug-likeness (QED) is 0.565. The van der Waals surface area contributed by atoms with Gasteiger partial charge in [-0.3, -0.25) is 9.59 Å². The Kier molecular flexibility index (Phi) is 10.4. The number of carbonyl (C=O) groups excluding carboxylic acids is 2. The van der Waals surface area contributed by atoms with Gasteiger partial charge in [0.2, 0.25) is 5.91 Å². The highest BCUT2D eigenvalue weighted by Gasteiger charge is 2.19. The van der Waals surface area contributed by atoms with Crippen molar-refractivity contribution < 1.29 is 9.59 Å². The summed E-state index contributed by atoms with van der Waals surface area (Å²) < 4.78 is 0. The van der Waals surface area contributed by atoms with Crippen molar-refractivity contribution in [2.45, 2.75) is 98.4 Å². The van der Waals surface area contributed by atoms with Crippen LogP contribution >= 0.6 is 0 Å². The van der Waals surface area contributed by atoms with Gasteiger partial charge >= 0.3 is 0 Å². The van der Waals surface area contributed by atoms with Crippen LogP contribution in [0.2, 0.25) is 0 Å². The van der Waals surface area contributed by atoms with Crippen LogP contribution in [-0.2, 0) is 9.59 Å². The van der Waals surface area contributed by atoms with E-state index in [4.69, 9.17) is 0 Å². The van der Waals surface area contributed by atoms with Gasteiger partial charge in [0.25, 0.3) is 0 Å². The lowest BCUT2D eigenvalue weighted by atomic mass is 9.88. The predicted octanol–water partition coefficient (Wildman–Crippen LogP) is 4.64. The summed E-state index contributed by atoms with van der Waals surface area (Å²) in [6.07, 6.45) is 9.28. The second-order valence-electron chi connectivity index (χ2n) is 7.37. The Morgan fingerprint density at radius 2 is 1.24 bits per heavy atom. The summed E-state index contributed by atoms with van der Waals surface area (Å²) >= 11 is 0. The Balaban J connectivity index is 3.34. The van der Waals surface area contributed by atoms with Crippen molar-refractivity contribution in [2.24, 2.45) is 5.41 Å². The van der Waals surface area contributed by atoms with Crippen LogP contribution in [-0.4, -0.2) is 17.7 Å². The summed E-state index contributed by atoms with van der Waals surface area (Å²) in [4.78, 5) is 23.2. The first kappa shape index (κ1) is 20.1. The second kappa shape index (κ2) is 10.8. The van der Waals surface area contributed by atoms with Gasteiger partial charge < -0.3 is 5.32 Å². The van der Waals surface area contributed by atoms with Gasteiger partial charge in [0.1, 0.15) is 5.78 Å². The Hall–Kier alpha value is -0.860. The van der Waals surface area contributed by atoms with E-state index in [1.165, 1.54) is 19.3 Å². The summed E-state index contributed by atoms with van der Waals surface area (Å²) in [6.45, 7) is 9.95. The molecule has 0 aliphatic heterocycles. The van der Waals surface area contributed by atoms with Gasteiger partial charge in [-0.05, 0) is 26.7 Å². The molecule has 124 valence electrons. The summed E-state index contributed by atoms with van der Waals surface area (Å²) in [6, 6.07) is 0.244. The molecule has 0 radical (unpaired) electrons. The van der Waals surface area contributed by atoms with E-state index in [-0.39, 0.29) is 17.4 Å². The first-order valence-electron chi connectivity index (χ1n) is 8.56. The number of Topliss-reactive ketones (excluding diaryl/α,β-unsaturated/α-hetero) is 1. The van der Waals surface area contributed by atoms with Gasteiger partial charge in [-0.1, -0.05) is 52.9 Å². The van der Waals surface area contributed by atoms with E-state index in [0.29, 0.717) is 12.2 Å². The first-order valence-corrected chi connectivity index (χ1v) is 8.56. The van der Waals surface area contributed by atoms with Crippen molar-refractivity contribution in [1.82, 2.24) is 5.32 Å². The highest BCUT2D eigenvalue weighted by molar-refractivity contribution is 5.83. The highest BCUT2D eigenvalue weighted by Crippen LogP contribution is 2.19. The van der Waals surface area contributed by atoms with E-state index in [1.807, 2.05) is 34.6 Å². The summed E-state index contributed by atoms with van der Waals surface area (Å²) in [5, 5.41) is 2.91. The molecular weight excluding hydrogens is 262 g/mol. The molecule has 0 unspecified atom stereocenters. The molecular formula is C18H35NO2. The molecule has 1 N–H and O–H groups in total. The van der Waals surface area contributed by atoms with Crippen molar-refractivity contribution >= 4 is 11.7 Å². The standard InChI is InChI=1S/C18H35NO2/c1-15(2)19-17(21)14-12-10-8-6-7-9-11-13-16(20)18(3,4)5/h15H,6-14H2,1-5H3,(H,19,21). The van der Waals surface area contributed by atoms with Crippen LogP contribution in [0.1, 0.15) is 92.4 Å². The van der Waals surface area contributed by atoms with Crippen molar-refractivity contribution in [3.8, 4) is 0 Å². The third-order valence-electron chi connectivity index (χ3n) is 3.59. The lowest BCUT2D eigenvalue weighted by Crippen LogP contribution is -2.29. The lowest BCUT2D eigenvalue weighted by Gasteiger charge is -2.16. The zero-order valence-electron chi connectivity index (χ0n) is 14.8. The van der Waals surface area contributed by atoms with Crippen molar-refractivity contribution in [2.75, 3.05) is 0 Å². The van der Waals surface area contributed by atoms with Crippen LogP contribution < -0.4 is 5.32 Å². The fraction of sp³-hybridized carbons (Fsp3) is 0.889. The number of hydrogen-bond donors (Lipinski definition) is 1. The van der Waals surface area contributed by atoms with E-state index >= 15 is 0 Å². The number of nitrogens with one attached hydrogen (secondary N) is 1. The number of rotatable bonds is 11. The molecule has 3 heteroatoms. The van der Waals surface area contributed by atoms with E-state index in [1.54, 1.807) is 0 Å². The zero-order chi connectivity index (χ0) is 16.3. The Morgan fingerprint density at radius 3 is 1.67 bits per heavy atom. The third kappa shape index (κ3) is 12.6. The van der Waals surface area contributed by atoms with Crippen LogP contribution in [0.15, 0.2) is 0 Å². The molecule has 0 aliphatic rings. The smallest absolute Gasteiger partial charge is 0.220 e. The monoisotopic (exact) mass is 297 g/mol. The third-order valence-corrected chi connectivity index (χ3v) is 3.59. The van der Waals surface area contributed by atoms with Crippen molar-refractivity contribution in [1.29, 1.82) is 0 Å². The molecule has 0 aromatic carbocycles. The molecule has 0 fully saturated rings. The minimum absolute atomic E-state index is 0.172. The number of hydrogen-bond acceptors (Lipinski definition) is 2. The van der Waals surface area contributed by atoms with Gasteiger partial charge in [0.05, 0.1) is 0 Å². The molecule has 21 heavy (non-hydrogen) atoms. The fourth-order valence-electron chi connectivity index (χ4n) is 2.22. The predicted molar refractivity (Wildman–Crippen MR) is 89.3 cm³/mol. The number of ketones is 1. The van der Waals surface area contributed by atoms with Gasteiger partial charge in [0.15, 0.2) is 0 Å². The van der Waals surface area contributed by atoms with Gasteiger partial charge in [-0.25, -0.2) is 0 Å². The molecule has 0 rings (SSSR count). The van der Waals surface area contributed by atoms with Crippen LogP contribution in [0.25, 0.3) is 0 Å². The Morgan fingerprint density at radius 1 is 0.810 bits per heavy atom. The maximum Gasteiger partial charge on any atom is 0.220 e. The molecule has 0 aliphatic carbocycles. The van der Waals surface area contributed by atoms with Gasteiger partial charge in [0, 0.05) is 24.3 Å². The minimum Gasteiger partial charge on any atom is -0.354 e. The SMILES string of the molecule is CC(C)NC(=O)CCCCCCCCCC(=O)C(C)(C)C. The number of amides is 1. The zero-order valence-corrected chi connectivity index (χ0v) is 14.8. The van der Waals surface area contributed by atoms with E-state index in [9.17, 15) is 9.59 Å². The topological polar surface area (TPSA) is 46.2 Å². The molecule has 0 atom stereocenters. The molecule has 0 spiro atoms. The van der Waals surface area contributed by atoms with Crippen molar-refractivity contribution in [3.63, 3.8) is 0 Å². The Labute approximate surface area is 131 Å². The summed E-state index contributed by atoms with van der Waals surface area (Å²) in [7, 11) is 0. The van der Waals surface area contributed by atoms with E-state index < -0.39 is 0 Å². The van der Waals surface area contributed by atoms with Crippen LogP contribution in [0, 0.1) is 5.41 Å². The second-order valence-corrected chi connectivity index (χ2v) is 7.37. The van der Waals surface area contributed by atoms with Gasteiger partial charge in [-0.15, -0.1) is 0 Å². The molecule has 0 aromatic heterocycles. The lowest BCUT2D eigenvalue weighted by molar-refractivity contribution is -0.126. The molecule has 0 saturated heterocycles. The summed E-state index contributed by atoms with van der Waals surface area (Å²) in [5.41, 5.74) is -0.184. The van der Waals surface area contributed by atoms with Crippen molar-refractivity contribution in [3.05, 3.63) is 0 Å². The first-order chi connectivity index (χ1) is 9.73. The maximum atomic E-state index is 11.7. The summed E-state index contributed by atoms with van der Waals surface area (Å²) in [5.74, 6) is 0.546. The molecule has 3 nitrogen and oxygen atoms in total. The molecule has 1 amide bonds. The number of unbranched alkanes of at least 4 members (excludes halogenated alkanes) is 6.